The van der Waals surface area contributed by atoms with Gasteiger partial charge in [-0.15, -0.1) is 0 Å². The SMILES string of the molecule is CN1C(=O)NC(c2ccc(Cl)cc2Cl)C2=C1CN(C1CCCCC1)C2=O. The summed E-state index contributed by atoms with van der Waals surface area (Å²) in [6.45, 7) is 0.491. The van der Waals surface area contributed by atoms with Gasteiger partial charge in [-0.2, -0.15) is 0 Å². The molecule has 0 bridgehead atoms. The van der Waals surface area contributed by atoms with Crippen LogP contribution in [0.4, 0.5) is 4.79 Å². The first kappa shape index (κ1) is 17.7. The Labute approximate surface area is 162 Å². The summed E-state index contributed by atoms with van der Waals surface area (Å²) in [6, 6.07) is 4.64. The lowest BCUT2D eigenvalue weighted by Gasteiger charge is -2.31. The van der Waals surface area contributed by atoms with Crippen molar-refractivity contribution in [3.63, 3.8) is 0 Å². The average molecular weight is 394 g/mol. The monoisotopic (exact) mass is 393 g/mol. The molecule has 1 aromatic carbocycles. The van der Waals surface area contributed by atoms with Gasteiger partial charge in [0, 0.05) is 23.1 Å². The minimum absolute atomic E-state index is 0.00904. The van der Waals surface area contributed by atoms with E-state index < -0.39 is 6.04 Å². The summed E-state index contributed by atoms with van der Waals surface area (Å²) in [7, 11) is 1.71. The number of hydrogen-bond acceptors (Lipinski definition) is 2. The highest BCUT2D eigenvalue weighted by molar-refractivity contribution is 6.35. The number of hydrogen-bond donors (Lipinski definition) is 1. The fourth-order valence-electron chi connectivity index (χ4n) is 4.24. The van der Waals surface area contributed by atoms with E-state index in [9.17, 15) is 9.59 Å². The van der Waals surface area contributed by atoms with E-state index in [1.165, 1.54) is 6.42 Å². The van der Waals surface area contributed by atoms with Crippen molar-refractivity contribution in [2.75, 3.05) is 13.6 Å². The second-order valence-corrected chi connectivity index (χ2v) is 8.04. The molecule has 4 rings (SSSR count). The molecule has 1 N–H and O–H groups in total. The Bertz CT molecular complexity index is 802. The molecular formula is C19H21Cl2N3O2. The van der Waals surface area contributed by atoms with E-state index in [2.05, 4.69) is 5.32 Å². The Morgan fingerprint density at radius 3 is 2.54 bits per heavy atom. The molecule has 2 heterocycles. The van der Waals surface area contributed by atoms with Crippen LogP contribution in [0.3, 0.4) is 0 Å². The van der Waals surface area contributed by atoms with Crippen molar-refractivity contribution in [1.29, 1.82) is 0 Å². The van der Waals surface area contributed by atoms with E-state index in [1.54, 1.807) is 30.1 Å². The van der Waals surface area contributed by atoms with Crippen LogP contribution < -0.4 is 5.32 Å². The van der Waals surface area contributed by atoms with Crippen molar-refractivity contribution in [3.05, 3.63) is 45.1 Å². The van der Waals surface area contributed by atoms with Gasteiger partial charge in [-0.05, 0) is 30.5 Å². The largest absolute Gasteiger partial charge is 0.330 e. The van der Waals surface area contributed by atoms with Crippen molar-refractivity contribution >= 4 is 35.1 Å². The molecular weight excluding hydrogens is 373 g/mol. The number of amides is 3. The van der Waals surface area contributed by atoms with E-state index in [1.807, 2.05) is 4.90 Å². The Kier molecular flexibility index (Phi) is 4.61. The molecule has 1 atom stereocenters. The number of rotatable bonds is 2. The molecule has 5 nitrogen and oxygen atoms in total. The zero-order valence-corrected chi connectivity index (χ0v) is 16.1. The summed E-state index contributed by atoms with van der Waals surface area (Å²) in [6.07, 6.45) is 5.60. The topological polar surface area (TPSA) is 52.7 Å². The summed E-state index contributed by atoms with van der Waals surface area (Å²) < 4.78 is 0. The van der Waals surface area contributed by atoms with Crippen molar-refractivity contribution in [3.8, 4) is 0 Å². The molecule has 1 aromatic rings. The highest BCUT2D eigenvalue weighted by Crippen LogP contribution is 2.40. The molecule has 1 unspecified atom stereocenters. The van der Waals surface area contributed by atoms with Crippen LogP contribution >= 0.6 is 23.2 Å². The van der Waals surface area contributed by atoms with Crippen LogP contribution in [0.2, 0.25) is 10.0 Å². The number of nitrogens with zero attached hydrogens (tertiary/aromatic N) is 2. The third-order valence-electron chi connectivity index (χ3n) is 5.68. The zero-order chi connectivity index (χ0) is 18.4. The number of nitrogens with one attached hydrogen (secondary N) is 1. The molecule has 3 aliphatic rings. The number of benzene rings is 1. The first-order valence-corrected chi connectivity index (χ1v) is 9.76. The number of carbonyl (C=O) groups is 2. The van der Waals surface area contributed by atoms with E-state index in [0.29, 0.717) is 27.7 Å². The van der Waals surface area contributed by atoms with Crippen LogP contribution in [0, 0.1) is 0 Å². The van der Waals surface area contributed by atoms with E-state index >= 15 is 0 Å². The summed E-state index contributed by atoms with van der Waals surface area (Å²) in [4.78, 5) is 29.2. The second-order valence-electron chi connectivity index (χ2n) is 7.19. The Morgan fingerprint density at radius 2 is 1.85 bits per heavy atom. The Morgan fingerprint density at radius 1 is 1.12 bits per heavy atom. The Hall–Kier alpha value is -1.72. The maximum absolute atomic E-state index is 13.3. The minimum atomic E-state index is -0.542. The molecule has 0 aromatic heterocycles. The van der Waals surface area contributed by atoms with Gasteiger partial charge in [0.15, 0.2) is 0 Å². The fraction of sp³-hybridized carbons (Fsp3) is 0.474. The van der Waals surface area contributed by atoms with Crippen LogP contribution in [-0.2, 0) is 4.79 Å². The van der Waals surface area contributed by atoms with E-state index in [-0.39, 0.29) is 18.0 Å². The normalized spacial score (nSPS) is 24.2. The van der Waals surface area contributed by atoms with Crippen molar-refractivity contribution in [2.45, 2.75) is 44.2 Å². The van der Waals surface area contributed by atoms with E-state index in [4.69, 9.17) is 23.2 Å². The first-order valence-electron chi connectivity index (χ1n) is 9.00. The van der Waals surface area contributed by atoms with Gasteiger partial charge in [0.1, 0.15) is 0 Å². The number of carbonyl (C=O) groups excluding carboxylic acids is 2. The molecule has 1 aliphatic carbocycles. The first-order chi connectivity index (χ1) is 12.5. The maximum Gasteiger partial charge on any atom is 0.322 e. The molecule has 1 saturated carbocycles. The van der Waals surface area contributed by atoms with Crippen molar-refractivity contribution in [2.24, 2.45) is 0 Å². The lowest BCUT2D eigenvalue weighted by molar-refractivity contribution is -0.128. The second kappa shape index (κ2) is 6.78. The molecule has 2 aliphatic heterocycles. The zero-order valence-electron chi connectivity index (χ0n) is 14.6. The summed E-state index contributed by atoms with van der Waals surface area (Å²) in [5.41, 5.74) is 2.10. The predicted octanol–water partition coefficient (Wildman–Crippen LogP) is 4.12. The molecule has 0 radical (unpaired) electrons. The van der Waals surface area contributed by atoms with Crippen LogP contribution in [0.5, 0.6) is 0 Å². The van der Waals surface area contributed by atoms with Gasteiger partial charge in [-0.3, -0.25) is 9.69 Å². The van der Waals surface area contributed by atoms with Crippen LogP contribution in [0.25, 0.3) is 0 Å². The summed E-state index contributed by atoms with van der Waals surface area (Å²) in [5, 5.41) is 3.89. The average Bonchev–Trinajstić information content (AvgIpc) is 2.97. The molecule has 7 heteroatoms. The van der Waals surface area contributed by atoms with Crippen LogP contribution in [0.1, 0.15) is 43.7 Å². The van der Waals surface area contributed by atoms with Gasteiger partial charge in [0.05, 0.1) is 23.9 Å². The lowest BCUT2D eigenvalue weighted by atomic mass is 9.93. The minimum Gasteiger partial charge on any atom is -0.330 e. The molecule has 26 heavy (non-hydrogen) atoms. The molecule has 138 valence electrons. The third kappa shape index (κ3) is 2.87. The van der Waals surface area contributed by atoms with Crippen LogP contribution in [-0.4, -0.2) is 41.4 Å². The lowest BCUT2D eigenvalue weighted by Crippen LogP contribution is -2.45. The van der Waals surface area contributed by atoms with Gasteiger partial charge in [-0.25, -0.2) is 4.79 Å². The maximum atomic E-state index is 13.3. The highest BCUT2D eigenvalue weighted by Gasteiger charge is 2.45. The van der Waals surface area contributed by atoms with Gasteiger partial charge >= 0.3 is 6.03 Å². The smallest absolute Gasteiger partial charge is 0.322 e. The van der Waals surface area contributed by atoms with E-state index in [0.717, 1.165) is 31.4 Å². The molecule has 0 spiro atoms. The van der Waals surface area contributed by atoms with Gasteiger partial charge in [0.2, 0.25) is 0 Å². The highest BCUT2D eigenvalue weighted by atomic mass is 35.5. The van der Waals surface area contributed by atoms with Crippen molar-refractivity contribution < 1.29 is 9.59 Å². The predicted molar refractivity (Wildman–Crippen MR) is 101 cm³/mol. The quantitative estimate of drug-likeness (QED) is 0.821. The van der Waals surface area contributed by atoms with Gasteiger partial charge in [0.25, 0.3) is 5.91 Å². The fourth-order valence-corrected chi connectivity index (χ4v) is 4.76. The van der Waals surface area contributed by atoms with Gasteiger partial charge < -0.3 is 10.2 Å². The third-order valence-corrected chi connectivity index (χ3v) is 6.24. The number of halogens is 2. The Balaban J connectivity index is 1.72. The standard InChI is InChI=1S/C19H21Cl2N3O2/c1-23-15-10-24(12-5-3-2-4-6-12)18(25)16(15)17(22-19(23)26)13-8-7-11(20)9-14(13)21/h7-9,12,17H,2-6,10H2,1H3,(H,22,26). The molecule has 1 fully saturated rings. The molecule has 0 saturated heterocycles. The van der Waals surface area contributed by atoms with Crippen molar-refractivity contribution in [1.82, 2.24) is 15.1 Å². The van der Waals surface area contributed by atoms with Gasteiger partial charge in [-0.1, -0.05) is 48.5 Å². The van der Waals surface area contributed by atoms with Crippen LogP contribution in [0.15, 0.2) is 29.5 Å². The summed E-state index contributed by atoms with van der Waals surface area (Å²) >= 11 is 12.4. The molecule has 3 amide bonds. The number of likely N-dealkylation sites (N-methyl/N-ethyl adjacent to an activating group) is 1. The number of urea groups is 1. The summed E-state index contributed by atoms with van der Waals surface area (Å²) in [5.74, 6) is 0.00904.